The van der Waals surface area contributed by atoms with Crippen LogP contribution in [0.15, 0.2) is 0 Å². The first-order valence-electron chi connectivity index (χ1n) is 5.98. The van der Waals surface area contributed by atoms with Crippen molar-refractivity contribution in [1.82, 2.24) is 4.90 Å². The lowest BCUT2D eigenvalue weighted by Crippen LogP contribution is -2.26. The van der Waals surface area contributed by atoms with Gasteiger partial charge in [0.05, 0.1) is 0 Å². The van der Waals surface area contributed by atoms with Gasteiger partial charge in [-0.05, 0) is 30.6 Å². The van der Waals surface area contributed by atoms with E-state index in [1.807, 2.05) is 0 Å². The van der Waals surface area contributed by atoms with Crippen molar-refractivity contribution in [3.05, 3.63) is 0 Å². The quantitative estimate of drug-likeness (QED) is 0.633. The summed E-state index contributed by atoms with van der Waals surface area (Å²) < 4.78 is 0. The Balaban J connectivity index is 1.76. The normalized spacial score (nSPS) is 37.4. The van der Waals surface area contributed by atoms with Crippen LogP contribution >= 0.6 is 0 Å². The fraction of sp³-hybridized carbons (Fsp3) is 1.00. The van der Waals surface area contributed by atoms with Crippen molar-refractivity contribution in [2.45, 2.75) is 39.5 Å². The maximum Gasteiger partial charge on any atom is 0.00103 e. The summed E-state index contributed by atoms with van der Waals surface area (Å²) in [4.78, 5) is 2.70. The topological polar surface area (TPSA) is 3.24 Å². The third-order valence-electron chi connectivity index (χ3n) is 4.05. The van der Waals surface area contributed by atoms with Crippen molar-refractivity contribution in [2.24, 2.45) is 17.8 Å². The molecule has 2 aliphatic rings. The van der Waals surface area contributed by atoms with Gasteiger partial charge in [0.1, 0.15) is 0 Å². The number of nitrogens with zero attached hydrogens (tertiary/aromatic N) is 1. The van der Waals surface area contributed by atoms with Gasteiger partial charge in [-0.3, -0.25) is 0 Å². The van der Waals surface area contributed by atoms with Gasteiger partial charge in [-0.15, -0.1) is 0 Å². The van der Waals surface area contributed by atoms with E-state index in [0.717, 1.165) is 17.8 Å². The molecule has 1 aliphatic carbocycles. The van der Waals surface area contributed by atoms with Gasteiger partial charge in [0.2, 0.25) is 0 Å². The summed E-state index contributed by atoms with van der Waals surface area (Å²) in [5, 5.41) is 0. The summed E-state index contributed by atoms with van der Waals surface area (Å²) in [5.41, 5.74) is 0. The van der Waals surface area contributed by atoms with E-state index < -0.39 is 0 Å². The van der Waals surface area contributed by atoms with Gasteiger partial charge in [-0.2, -0.15) is 0 Å². The smallest absolute Gasteiger partial charge is 0.00103 e. The summed E-state index contributed by atoms with van der Waals surface area (Å²) in [7, 11) is 0. The number of hydrogen-bond acceptors (Lipinski definition) is 1. The number of likely N-dealkylation sites (tertiary alicyclic amines) is 1. The van der Waals surface area contributed by atoms with Crippen LogP contribution in [0.1, 0.15) is 39.5 Å². The standard InChI is InChI=1S/C12H23N/c1-10-7-13(8-11(10)2)9-12-5-3-4-6-12/h10-12H,3-9H2,1-2H3. The highest BCUT2D eigenvalue weighted by atomic mass is 15.2. The van der Waals surface area contributed by atoms with Crippen molar-refractivity contribution >= 4 is 0 Å². The lowest BCUT2D eigenvalue weighted by Gasteiger charge is -2.19. The lowest BCUT2D eigenvalue weighted by atomic mass is 10.0. The Morgan fingerprint density at radius 1 is 1.00 bits per heavy atom. The second kappa shape index (κ2) is 4.00. The maximum atomic E-state index is 2.70. The molecule has 0 aromatic carbocycles. The summed E-state index contributed by atoms with van der Waals surface area (Å²) in [6.45, 7) is 8.92. The van der Waals surface area contributed by atoms with E-state index in [2.05, 4.69) is 18.7 Å². The van der Waals surface area contributed by atoms with E-state index in [-0.39, 0.29) is 0 Å². The van der Waals surface area contributed by atoms with Crippen LogP contribution in [-0.2, 0) is 0 Å². The molecule has 0 aromatic heterocycles. The molecule has 1 aliphatic heterocycles. The van der Waals surface area contributed by atoms with Gasteiger partial charge in [0, 0.05) is 19.6 Å². The molecule has 1 nitrogen and oxygen atoms in total. The second-order valence-corrected chi connectivity index (χ2v) is 5.32. The van der Waals surface area contributed by atoms with Gasteiger partial charge in [-0.25, -0.2) is 0 Å². The SMILES string of the molecule is CC1CN(CC2CCCC2)CC1C. The summed E-state index contributed by atoms with van der Waals surface area (Å²) in [5.74, 6) is 2.90. The first-order chi connectivity index (χ1) is 6.25. The molecule has 0 amide bonds. The fourth-order valence-corrected chi connectivity index (χ4v) is 2.96. The minimum atomic E-state index is 0.932. The van der Waals surface area contributed by atoms with Crippen LogP contribution in [0.4, 0.5) is 0 Å². The zero-order chi connectivity index (χ0) is 9.26. The van der Waals surface area contributed by atoms with Crippen LogP contribution in [-0.4, -0.2) is 24.5 Å². The third kappa shape index (κ3) is 2.25. The molecule has 0 aromatic rings. The average Bonchev–Trinajstić information content (AvgIpc) is 2.64. The van der Waals surface area contributed by atoms with Gasteiger partial charge in [0.25, 0.3) is 0 Å². The highest BCUT2D eigenvalue weighted by Gasteiger charge is 2.28. The maximum absolute atomic E-state index is 2.70. The van der Waals surface area contributed by atoms with Crippen molar-refractivity contribution < 1.29 is 0 Å². The molecular formula is C12H23N. The molecule has 1 saturated carbocycles. The summed E-state index contributed by atoms with van der Waals surface area (Å²) >= 11 is 0. The highest BCUT2D eigenvalue weighted by Crippen LogP contribution is 2.29. The van der Waals surface area contributed by atoms with Crippen LogP contribution in [0.25, 0.3) is 0 Å². The van der Waals surface area contributed by atoms with Gasteiger partial charge >= 0.3 is 0 Å². The zero-order valence-corrected chi connectivity index (χ0v) is 9.13. The molecule has 2 atom stereocenters. The van der Waals surface area contributed by atoms with E-state index >= 15 is 0 Å². The molecule has 13 heavy (non-hydrogen) atoms. The van der Waals surface area contributed by atoms with E-state index in [1.54, 1.807) is 0 Å². The van der Waals surface area contributed by atoms with Gasteiger partial charge < -0.3 is 4.90 Å². The highest BCUT2D eigenvalue weighted by molar-refractivity contribution is 4.81. The molecule has 0 spiro atoms. The molecule has 1 heteroatoms. The first-order valence-corrected chi connectivity index (χ1v) is 5.98. The van der Waals surface area contributed by atoms with E-state index in [0.29, 0.717) is 0 Å². The zero-order valence-electron chi connectivity index (χ0n) is 9.13. The molecule has 2 unspecified atom stereocenters. The molecule has 2 rings (SSSR count). The van der Waals surface area contributed by atoms with Crippen LogP contribution in [0, 0.1) is 17.8 Å². The van der Waals surface area contributed by atoms with Crippen LogP contribution < -0.4 is 0 Å². The number of rotatable bonds is 2. The van der Waals surface area contributed by atoms with E-state index in [1.165, 1.54) is 45.3 Å². The Bertz CT molecular complexity index is 151. The van der Waals surface area contributed by atoms with Crippen molar-refractivity contribution in [1.29, 1.82) is 0 Å². The predicted octanol–water partition coefficient (Wildman–Crippen LogP) is 2.76. The Hall–Kier alpha value is -0.0400. The molecule has 2 fully saturated rings. The Kier molecular flexibility index (Phi) is 2.92. The number of hydrogen-bond donors (Lipinski definition) is 0. The van der Waals surface area contributed by atoms with Crippen molar-refractivity contribution in [3.8, 4) is 0 Å². The van der Waals surface area contributed by atoms with Crippen LogP contribution in [0.2, 0.25) is 0 Å². The largest absolute Gasteiger partial charge is 0.303 e. The van der Waals surface area contributed by atoms with Crippen molar-refractivity contribution in [3.63, 3.8) is 0 Å². The second-order valence-electron chi connectivity index (χ2n) is 5.32. The molecule has 0 N–H and O–H groups in total. The van der Waals surface area contributed by atoms with E-state index in [4.69, 9.17) is 0 Å². The molecule has 0 radical (unpaired) electrons. The van der Waals surface area contributed by atoms with Crippen LogP contribution in [0.3, 0.4) is 0 Å². The summed E-state index contributed by atoms with van der Waals surface area (Å²) in [6.07, 6.45) is 5.98. The van der Waals surface area contributed by atoms with Gasteiger partial charge in [-0.1, -0.05) is 26.7 Å². The van der Waals surface area contributed by atoms with Gasteiger partial charge in [0.15, 0.2) is 0 Å². The van der Waals surface area contributed by atoms with Crippen LogP contribution in [0.5, 0.6) is 0 Å². The Labute approximate surface area is 82.5 Å². The first kappa shape index (κ1) is 9.51. The molecule has 1 saturated heterocycles. The Morgan fingerprint density at radius 2 is 1.54 bits per heavy atom. The third-order valence-corrected chi connectivity index (χ3v) is 4.05. The molecule has 1 heterocycles. The molecular weight excluding hydrogens is 158 g/mol. The predicted molar refractivity (Wildman–Crippen MR) is 56.7 cm³/mol. The summed E-state index contributed by atoms with van der Waals surface area (Å²) in [6, 6.07) is 0. The fourth-order valence-electron chi connectivity index (χ4n) is 2.96. The minimum absolute atomic E-state index is 0.932. The van der Waals surface area contributed by atoms with Crippen molar-refractivity contribution in [2.75, 3.05) is 19.6 Å². The average molecular weight is 181 g/mol. The molecule has 0 bridgehead atoms. The minimum Gasteiger partial charge on any atom is -0.303 e. The Morgan fingerprint density at radius 3 is 2.08 bits per heavy atom. The van der Waals surface area contributed by atoms with E-state index in [9.17, 15) is 0 Å². The molecule has 76 valence electrons. The monoisotopic (exact) mass is 181 g/mol. The lowest BCUT2D eigenvalue weighted by molar-refractivity contribution is 0.269.